The fraction of sp³-hybridized carbons (Fsp3) is 0.444. The molecule has 0 aliphatic carbocycles. The maximum Gasteiger partial charge on any atom is 0.246 e. The van der Waals surface area contributed by atoms with Gasteiger partial charge in [0.05, 0.1) is 12.2 Å². The van der Waals surface area contributed by atoms with Gasteiger partial charge in [-0.15, -0.1) is 0 Å². The Kier molecular flexibility index (Phi) is 5.42. The Morgan fingerprint density at radius 2 is 1.91 bits per heavy atom. The predicted molar refractivity (Wildman–Crippen MR) is 92.8 cm³/mol. The highest BCUT2D eigenvalue weighted by atomic mass is 16.5. The molecule has 2 rings (SSSR count). The van der Waals surface area contributed by atoms with Gasteiger partial charge in [-0.2, -0.15) is 0 Å². The minimum Gasteiger partial charge on any atom is -0.376 e. The van der Waals surface area contributed by atoms with Gasteiger partial charge in [-0.05, 0) is 24.1 Å². The zero-order valence-corrected chi connectivity index (χ0v) is 14.3. The standard InChI is InChI=1S/C18H25N3O2/c1-5-6-13-7-9-14(10-8-13)19-12-16(22)20-17-11-15(21-23-17)18(2,3)4/h7-11,19H,5-6,12H2,1-4H3,(H,20,22). The van der Waals surface area contributed by atoms with Crippen molar-refractivity contribution < 1.29 is 9.32 Å². The number of carbonyl (C=O) groups excluding carboxylic acids is 1. The van der Waals surface area contributed by atoms with Crippen LogP contribution in [0, 0.1) is 0 Å². The Labute approximate surface area is 137 Å². The number of carbonyl (C=O) groups is 1. The molecule has 23 heavy (non-hydrogen) atoms. The van der Waals surface area contributed by atoms with E-state index in [1.54, 1.807) is 6.07 Å². The van der Waals surface area contributed by atoms with Crippen LogP contribution in [0.25, 0.3) is 0 Å². The van der Waals surface area contributed by atoms with Crippen molar-refractivity contribution in [3.8, 4) is 0 Å². The van der Waals surface area contributed by atoms with Crippen molar-refractivity contribution in [3.05, 3.63) is 41.6 Å². The van der Waals surface area contributed by atoms with Gasteiger partial charge in [-0.25, -0.2) is 0 Å². The van der Waals surface area contributed by atoms with Gasteiger partial charge in [-0.1, -0.05) is 51.4 Å². The van der Waals surface area contributed by atoms with Crippen molar-refractivity contribution in [1.82, 2.24) is 5.16 Å². The molecule has 1 heterocycles. The summed E-state index contributed by atoms with van der Waals surface area (Å²) in [5.41, 5.74) is 2.93. The summed E-state index contributed by atoms with van der Waals surface area (Å²) in [4.78, 5) is 12.0. The number of benzene rings is 1. The van der Waals surface area contributed by atoms with E-state index in [1.165, 1.54) is 5.56 Å². The van der Waals surface area contributed by atoms with Gasteiger partial charge >= 0.3 is 0 Å². The monoisotopic (exact) mass is 315 g/mol. The largest absolute Gasteiger partial charge is 0.376 e. The molecule has 0 spiro atoms. The molecular weight excluding hydrogens is 290 g/mol. The number of anilines is 2. The Bertz CT molecular complexity index is 639. The van der Waals surface area contributed by atoms with Crippen molar-refractivity contribution in [3.63, 3.8) is 0 Å². The van der Waals surface area contributed by atoms with E-state index in [4.69, 9.17) is 4.52 Å². The minimum atomic E-state index is -0.167. The third-order valence-corrected chi connectivity index (χ3v) is 3.49. The van der Waals surface area contributed by atoms with Crippen LogP contribution < -0.4 is 10.6 Å². The SMILES string of the molecule is CCCc1ccc(NCC(=O)Nc2cc(C(C)(C)C)no2)cc1. The fourth-order valence-corrected chi connectivity index (χ4v) is 2.13. The summed E-state index contributed by atoms with van der Waals surface area (Å²) in [6.45, 7) is 8.46. The molecule has 5 heteroatoms. The van der Waals surface area contributed by atoms with Gasteiger partial charge in [0.15, 0.2) is 0 Å². The van der Waals surface area contributed by atoms with Crippen molar-refractivity contribution in [2.24, 2.45) is 0 Å². The van der Waals surface area contributed by atoms with E-state index in [9.17, 15) is 4.79 Å². The summed E-state index contributed by atoms with van der Waals surface area (Å²) in [7, 11) is 0. The first-order valence-corrected chi connectivity index (χ1v) is 7.98. The number of hydrogen-bond acceptors (Lipinski definition) is 4. The summed E-state index contributed by atoms with van der Waals surface area (Å²) in [6.07, 6.45) is 2.20. The molecule has 0 radical (unpaired) electrons. The van der Waals surface area contributed by atoms with Gasteiger partial charge in [0.1, 0.15) is 0 Å². The van der Waals surface area contributed by atoms with Crippen LogP contribution in [-0.2, 0) is 16.6 Å². The molecule has 124 valence electrons. The molecule has 0 bridgehead atoms. The summed E-state index contributed by atoms with van der Waals surface area (Å²) in [5, 5.41) is 9.78. The number of aromatic nitrogens is 1. The first-order chi connectivity index (χ1) is 10.9. The summed E-state index contributed by atoms with van der Waals surface area (Å²) >= 11 is 0. The predicted octanol–water partition coefficient (Wildman–Crippen LogP) is 3.98. The zero-order chi connectivity index (χ0) is 16.9. The van der Waals surface area contributed by atoms with Gasteiger partial charge < -0.3 is 9.84 Å². The lowest BCUT2D eigenvalue weighted by Gasteiger charge is -2.12. The van der Waals surface area contributed by atoms with Crippen LogP contribution >= 0.6 is 0 Å². The van der Waals surface area contributed by atoms with Crippen LogP contribution in [0.5, 0.6) is 0 Å². The highest BCUT2D eigenvalue weighted by Gasteiger charge is 2.19. The topological polar surface area (TPSA) is 67.2 Å². The van der Waals surface area contributed by atoms with Crippen LogP contribution in [0.3, 0.4) is 0 Å². The summed E-state index contributed by atoms with van der Waals surface area (Å²) < 4.78 is 5.15. The molecule has 0 unspecified atom stereocenters. The van der Waals surface area contributed by atoms with Crippen LogP contribution in [0.1, 0.15) is 45.4 Å². The van der Waals surface area contributed by atoms with Crippen LogP contribution in [0.4, 0.5) is 11.6 Å². The average molecular weight is 315 g/mol. The molecule has 0 saturated carbocycles. The maximum absolute atomic E-state index is 12.0. The van der Waals surface area contributed by atoms with Gasteiger partial charge in [0.2, 0.25) is 11.8 Å². The number of rotatable bonds is 6. The molecule has 1 aromatic heterocycles. The number of nitrogens with one attached hydrogen (secondary N) is 2. The van der Waals surface area contributed by atoms with E-state index < -0.39 is 0 Å². The van der Waals surface area contributed by atoms with Gasteiger partial charge in [0.25, 0.3) is 0 Å². The molecular formula is C18H25N3O2. The third kappa shape index (κ3) is 5.13. The highest BCUT2D eigenvalue weighted by Crippen LogP contribution is 2.23. The number of aryl methyl sites for hydroxylation is 1. The van der Waals surface area contributed by atoms with E-state index in [0.717, 1.165) is 24.2 Å². The zero-order valence-electron chi connectivity index (χ0n) is 14.3. The second-order valence-electron chi connectivity index (χ2n) is 6.68. The molecule has 0 aliphatic rings. The first-order valence-electron chi connectivity index (χ1n) is 7.98. The molecule has 1 amide bonds. The van der Waals surface area contributed by atoms with Crippen molar-refractivity contribution in [2.75, 3.05) is 17.2 Å². The number of hydrogen-bond donors (Lipinski definition) is 2. The summed E-state index contributed by atoms with van der Waals surface area (Å²) in [6, 6.07) is 9.90. The van der Waals surface area contributed by atoms with E-state index >= 15 is 0 Å². The minimum absolute atomic E-state index is 0.106. The lowest BCUT2D eigenvalue weighted by atomic mass is 9.92. The van der Waals surface area contributed by atoms with Crippen molar-refractivity contribution in [2.45, 2.75) is 46.0 Å². The highest BCUT2D eigenvalue weighted by molar-refractivity contribution is 5.92. The van der Waals surface area contributed by atoms with Crippen LogP contribution in [-0.4, -0.2) is 17.6 Å². The number of nitrogens with zero attached hydrogens (tertiary/aromatic N) is 1. The smallest absolute Gasteiger partial charge is 0.246 e. The summed E-state index contributed by atoms with van der Waals surface area (Å²) in [5.74, 6) is 0.208. The Balaban J connectivity index is 1.84. The van der Waals surface area contributed by atoms with Crippen LogP contribution in [0.15, 0.2) is 34.9 Å². The molecule has 2 N–H and O–H groups in total. The average Bonchev–Trinajstić information content (AvgIpc) is 2.95. The second-order valence-corrected chi connectivity index (χ2v) is 6.68. The lowest BCUT2D eigenvalue weighted by molar-refractivity contribution is -0.114. The number of amides is 1. The Morgan fingerprint density at radius 3 is 2.48 bits per heavy atom. The Hall–Kier alpha value is -2.30. The molecule has 2 aromatic rings. The maximum atomic E-state index is 12.0. The van der Waals surface area contributed by atoms with E-state index in [0.29, 0.717) is 5.88 Å². The molecule has 5 nitrogen and oxygen atoms in total. The van der Waals surface area contributed by atoms with Gasteiger partial charge in [0, 0.05) is 17.2 Å². The lowest BCUT2D eigenvalue weighted by Crippen LogP contribution is -2.21. The van der Waals surface area contributed by atoms with E-state index in [1.807, 2.05) is 32.9 Å². The van der Waals surface area contributed by atoms with Crippen LogP contribution in [0.2, 0.25) is 0 Å². The van der Waals surface area contributed by atoms with Gasteiger partial charge in [-0.3, -0.25) is 10.1 Å². The first kappa shape index (κ1) is 17.1. The van der Waals surface area contributed by atoms with E-state index in [-0.39, 0.29) is 17.9 Å². The molecule has 0 atom stereocenters. The third-order valence-electron chi connectivity index (χ3n) is 3.49. The fourth-order valence-electron chi connectivity index (χ4n) is 2.13. The van der Waals surface area contributed by atoms with Crippen molar-refractivity contribution >= 4 is 17.5 Å². The van der Waals surface area contributed by atoms with Crippen molar-refractivity contribution in [1.29, 1.82) is 0 Å². The second kappa shape index (κ2) is 7.31. The molecule has 0 aliphatic heterocycles. The molecule has 0 saturated heterocycles. The Morgan fingerprint density at radius 1 is 1.22 bits per heavy atom. The molecule has 1 aromatic carbocycles. The molecule has 0 fully saturated rings. The quantitative estimate of drug-likeness (QED) is 0.846. The normalized spacial score (nSPS) is 11.3. The van der Waals surface area contributed by atoms with E-state index in [2.05, 4.69) is 34.8 Å².